The van der Waals surface area contributed by atoms with Crippen LogP contribution in [0.3, 0.4) is 0 Å². The van der Waals surface area contributed by atoms with Crippen LogP contribution in [0, 0.1) is 6.92 Å². The van der Waals surface area contributed by atoms with Crippen LogP contribution in [0.2, 0.25) is 0 Å². The maximum Gasteiger partial charge on any atom is 0.307 e. The number of ether oxygens (including phenoxy) is 1. The lowest BCUT2D eigenvalue weighted by Crippen LogP contribution is -2.13. The van der Waals surface area contributed by atoms with E-state index in [1.165, 1.54) is 21.9 Å². The van der Waals surface area contributed by atoms with E-state index < -0.39 is 0 Å². The van der Waals surface area contributed by atoms with Gasteiger partial charge in [0.1, 0.15) is 0 Å². The van der Waals surface area contributed by atoms with Crippen molar-refractivity contribution in [2.45, 2.75) is 19.8 Å². The predicted molar refractivity (Wildman–Crippen MR) is 103 cm³/mol. The number of hydrogen-bond acceptors (Lipinski definition) is 3. The minimum Gasteiger partial charge on any atom is -0.465 e. The normalized spacial score (nSPS) is 10.6. The van der Waals surface area contributed by atoms with Gasteiger partial charge in [-0.3, -0.25) is 4.79 Å². The average molecular weight is 333 g/mol. The summed E-state index contributed by atoms with van der Waals surface area (Å²) >= 11 is 0. The number of anilines is 1. The molecule has 0 aliphatic heterocycles. The van der Waals surface area contributed by atoms with Crippen LogP contribution < -0.4 is 5.32 Å². The fourth-order valence-electron chi connectivity index (χ4n) is 2.84. The van der Waals surface area contributed by atoms with Crippen molar-refractivity contribution in [2.75, 3.05) is 18.5 Å². The highest BCUT2D eigenvalue weighted by Crippen LogP contribution is 2.18. The molecule has 0 heterocycles. The first-order valence-corrected chi connectivity index (χ1v) is 8.65. The van der Waals surface area contributed by atoms with E-state index in [0.717, 1.165) is 12.1 Å². The van der Waals surface area contributed by atoms with Crippen LogP contribution in [0.5, 0.6) is 0 Å². The van der Waals surface area contributed by atoms with Gasteiger partial charge in [0.05, 0.1) is 13.0 Å². The molecule has 0 aromatic heterocycles. The predicted octanol–water partition coefficient (Wildman–Crippen LogP) is 4.74. The van der Waals surface area contributed by atoms with Gasteiger partial charge in [-0.1, -0.05) is 60.2 Å². The molecular weight excluding hydrogens is 310 g/mol. The minimum atomic E-state index is -0.167. The Morgan fingerprint density at radius 2 is 1.72 bits per heavy atom. The lowest BCUT2D eigenvalue weighted by atomic mass is 10.0. The Labute approximate surface area is 148 Å². The summed E-state index contributed by atoms with van der Waals surface area (Å²) in [6.07, 6.45) is 1.10. The second-order valence-electron chi connectivity index (χ2n) is 6.15. The number of nitrogens with one attached hydrogen (secondary N) is 1. The van der Waals surface area contributed by atoms with Gasteiger partial charge in [0.2, 0.25) is 0 Å². The van der Waals surface area contributed by atoms with Crippen LogP contribution in [-0.2, 0) is 16.0 Å². The summed E-state index contributed by atoms with van der Waals surface area (Å²) in [6.45, 7) is 3.05. The molecule has 0 aliphatic carbocycles. The highest BCUT2D eigenvalue weighted by molar-refractivity contribution is 5.85. The molecule has 0 spiro atoms. The monoisotopic (exact) mass is 333 g/mol. The standard InChI is InChI=1S/C22H23NO2/c1-17-9-11-20(12-10-17)23-15-13-22(24)25-16-14-19-7-4-6-18-5-2-3-8-21(18)19/h2-12,23H,13-16H2,1H3. The molecule has 1 N–H and O–H groups in total. The fourth-order valence-corrected chi connectivity index (χ4v) is 2.84. The molecule has 3 aromatic carbocycles. The topological polar surface area (TPSA) is 38.3 Å². The first-order valence-electron chi connectivity index (χ1n) is 8.65. The van der Waals surface area contributed by atoms with E-state index in [2.05, 4.69) is 36.5 Å². The van der Waals surface area contributed by atoms with Crippen LogP contribution >= 0.6 is 0 Å². The van der Waals surface area contributed by atoms with Crippen LogP contribution in [0.1, 0.15) is 17.5 Å². The summed E-state index contributed by atoms with van der Waals surface area (Å²) < 4.78 is 5.37. The van der Waals surface area contributed by atoms with Crippen molar-refractivity contribution in [1.29, 1.82) is 0 Å². The van der Waals surface area contributed by atoms with Crippen molar-refractivity contribution in [1.82, 2.24) is 0 Å². The van der Waals surface area contributed by atoms with Crippen molar-refractivity contribution < 1.29 is 9.53 Å². The average Bonchev–Trinajstić information content (AvgIpc) is 2.64. The summed E-state index contributed by atoms with van der Waals surface area (Å²) in [6, 6.07) is 22.6. The molecule has 0 fully saturated rings. The largest absolute Gasteiger partial charge is 0.465 e. The van der Waals surface area contributed by atoms with Crippen LogP contribution in [-0.4, -0.2) is 19.1 Å². The van der Waals surface area contributed by atoms with Crippen LogP contribution in [0.25, 0.3) is 10.8 Å². The van der Waals surface area contributed by atoms with Gasteiger partial charge < -0.3 is 10.1 Å². The first-order chi connectivity index (χ1) is 12.2. The Morgan fingerprint density at radius 1 is 0.960 bits per heavy atom. The number of carbonyl (C=O) groups is 1. The number of esters is 1. The van der Waals surface area contributed by atoms with E-state index in [-0.39, 0.29) is 5.97 Å². The van der Waals surface area contributed by atoms with Gasteiger partial charge >= 0.3 is 5.97 Å². The molecule has 0 amide bonds. The number of aryl methyl sites for hydroxylation is 1. The smallest absolute Gasteiger partial charge is 0.307 e. The molecule has 3 rings (SSSR count). The molecule has 3 nitrogen and oxygen atoms in total. The number of hydrogen-bond donors (Lipinski definition) is 1. The molecule has 25 heavy (non-hydrogen) atoms. The zero-order chi connectivity index (χ0) is 17.5. The van der Waals surface area contributed by atoms with Gasteiger partial charge in [0.25, 0.3) is 0 Å². The molecule has 0 unspecified atom stereocenters. The van der Waals surface area contributed by atoms with E-state index in [1.807, 2.05) is 42.5 Å². The third-order valence-corrected chi connectivity index (χ3v) is 4.22. The number of benzene rings is 3. The fraction of sp³-hybridized carbons (Fsp3) is 0.227. The van der Waals surface area contributed by atoms with Crippen LogP contribution in [0.15, 0.2) is 66.7 Å². The summed E-state index contributed by atoms with van der Waals surface area (Å²) in [4.78, 5) is 11.9. The van der Waals surface area contributed by atoms with Gasteiger partial charge in [0, 0.05) is 18.7 Å². The zero-order valence-corrected chi connectivity index (χ0v) is 14.5. The molecule has 0 bridgehead atoms. The van der Waals surface area contributed by atoms with Crippen molar-refractivity contribution in [3.05, 3.63) is 77.9 Å². The second-order valence-corrected chi connectivity index (χ2v) is 6.15. The molecule has 128 valence electrons. The minimum absolute atomic E-state index is 0.167. The summed E-state index contributed by atoms with van der Waals surface area (Å²) in [7, 11) is 0. The SMILES string of the molecule is Cc1ccc(NCCC(=O)OCCc2cccc3ccccc23)cc1. The number of carbonyl (C=O) groups excluding carboxylic acids is 1. The number of rotatable bonds is 7. The lowest BCUT2D eigenvalue weighted by Gasteiger charge is -2.09. The first kappa shape index (κ1) is 17.0. The van der Waals surface area contributed by atoms with Crippen molar-refractivity contribution in [2.24, 2.45) is 0 Å². The molecule has 3 heteroatoms. The molecular formula is C22H23NO2. The molecule has 0 saturated heterocycles. The maximum absolute atomic E-state index is 11.9. The lowest BCUT2D eigenvalue weighted by molar-refractivity contribution is -0.143. The van der Waals surface area contributed by atoms with E-state index in [4.69, 9.17) is 4.74 Å². The van der Waals surface area contributed by atoms with Gasteiger partial charge in [-0.25, -0.2) is 0 Å². The Bertz CT molecular complexity index is 835. The molecule has 0 aliphatic rings. The summed E-state index contributed by atoms with van der Waals surface area (Å²) in [5.74, 6) is -0.167. The van der Waals surface area contributed by atoms with E-state index in [0.29, 0.717) is 19.6 Å². The van der Waals surface area contributed by atoms with E-state index in [9.17, 15) is 4.79 Å². The third-order valence-electron chi connectivity index (χ3n) is 4.22. The Kier molecular flexibility index (Phi) is 5.68. The highest BCUT2D eigenvalue weighted by Gasteiger charge is 2.05. The van der Waals surface area contributed by atoms with Gasteiger partial charge in [-0.05, 0) is 35.4 Å². The molecule has 0 saturated carbocycles. The Balaban J connectivity index is 1.42. The molecule has 3 aromatic rings. The molecule has 0 radical (unpaired) electrons. The van der Waals surface area contributed by atoms with E-state index in [1.54, 1.807) is 0 Å². The van der Waals surface area contributed by atoms with Crippen molar-refractivity contribution >= 4 is 22.4 Å². The highest BCUT2D eigenvalue weighted by atomic mass is 16.5. The third kappa shape index (κ3) is 4.83. The van der Waals surface area contributed by atoms with Crippen LogP contribution in [0.4, 0.5) is 5.69 Å². The molecule has 0 atom stereocenters. The Hall–Kier alpha value is -2.81. The summed E-state index contributed by atoms with van der Waals surface area (Å²) in [5.41, 5.74) is 3.45. The maximum atomic E-state index is 11.9. The van der Waals surface area contributed by atoms with Gasteiger partial charge in [-0.15, -0.1) is 0 Å². The summed E-state index contributed by atoms with van der Waals surface area (Å²) in [5, 5.41) is 5.67. The van der Waals surface area contributed by atoms with Crippen molar-refractivity contribution in [3.8, 4) is 0 Å². The number of fused-ring (bicyclic) bond motifs is 1. The second kappa shape index (κ2) is 8.34. The van der Waals surface area contributed by atoms with Crippen molar-refractivity contribution in [3.63, 3.8) is 0 Å². The van der Waals surface area contributed by atoms with E-state index >= 15 is 0 Å². The quantitative estimate of drug-likeness (QED) is 0.635. The van der Waals surface area contributed by atoms with Gasteiger partial charge in [0.15, 0.2) is 0 Å². The zero-order valence-electron chi connectivity index (χ0n) is 14.5. The Morgan fingerprint density at radius 3 is 2.56 bits per heavy atom. The van der Waals surface area contributed by atoms with Gasteiger partial charge in [-0.2, -0.15) is 0 Å².